The number of benzene rings is 2. The van der Waals surface area contributed by atoms with Gasteiger partial charge in [-0.25, -0.2) is 4.79 Å². The van der Waals surface area contributed by atoms with Crippen molar-refractivity contribution in [2.75, 3.05) is 11.9 Å². The number of amides is 3. The molecule has 1 aliphatic heterocycles. The zero-order chi connectivity index (χ0) is 27.8. The van der Waals surface area contributed by atoms with Crippen molar-refractivity contribution in [3.63, 3.8) is 0 Å². The van der Waals surface area contributed by atoms with Crippen LogP contribution in [-0.4, -0.2) is 46.2 Å². The Labute approximate surface area is 230 Å². The Bertz CT molecular complexity index is 1300. The van der Waals surface area contributed by atoms with Crippen LogP contribution in [0.25, 0.3) is 0 Å². The molecule has 2 aromatic carbocycles. The van der Waals surface area contributed by atoms with Crippen molar-refractivity contribution in [2.24, 2.45) is 5.92 Å². The van der Waals surface area contributed by atoms with Crippen LogP contribution in [0.4, 0.5) is 11.4 Å². The van der Waals surface area contributed by atoms with E-state index in [4.69, 9.17) is 51.1 Å². The van der Waals surface area contributed by atoms with E-state index in [9.17, 15) is 29.3 Å². The summed E-state index contributed by atoms with van der Waals surface area (Å²) in [6.45, 7) is 4.27. The van der Waals surface area contributed by atoms with Gasteiger partial charge in [-0.2, -0.15) is 0 Å². The summed E-state index contributed by atoms with van der Waals surface area (Å²) in [5, 5.41) is 12.5. The predicted molar refractivity (Wildman–Crippen MR) is 138 cm³/mol. The number of hydrogen-bond acceptors (Lipinski definition) is 7. The maximum absolute atomic E-state index is 13.2. The fourth-order valence-electron chi connectivity index (χ4n) is 3.72. The van der Waals surface area contributed by atoms with Gasteiger partial charge in [0.15, 0.2) is 6.61 Å². The number of carbonyl (C=O) groups is 4. The molecule has 1 N–H and O–H groups in total. The Balaban J connectivity index is 1.81. The molecule has 0 spiro atoms. The SMILES string of the molecule is Cc1ccc(NC(=O)COC(=O)[C@H](CC(C)C)N2C(=O)c3c(Cl)c(Cl)c(Cl)c(Cl)c3C2=O)cc1[N+](=O)[O-]. The van der Waals surface area contributed by atoms with Gasteiger partial charge in [0.1, 0.15) is 6.04 Å². The molecule has 37 heavy (non-hydrogen) atoms. The van der Waals surface area contributed by atoms with E-state index in [1.807, 2.05) is 0 Å². The third-order valence-electron chi connectivity index (χ3n) is 5.45. The molecule has 0 fully saturated rings. The summed E-state index contributed by atoms with van der Waals surface area (Å²) < 4.78 is 5.11. The lowest BCUT2D eigenvalue weighted by molar-refractivity contribution is -0.385. The Morgan fingerprint density at radius 3 is 2.05 bits per heavy atom. The second-order valence-electron chi connectivity index (χ2n) is 8.55. The summed E-state index contributed by atoms with van der Waals surface area (Å²) >= 11 is 24.4. The van der Waals surface area contributed by atoms with Gasteiger partial charge < -0.3 is 10.1 Å². The Kier molecular flexibility index (Phi) is 8.69. The van der Waals surface area contributed by atoms with Crippen molar-refractivity contribution in [1.82, 2.24) is 4.90 Å². The van der Waals surface area contributed by atoms with Gasteiger partial charge in [-0.1, -0.05) is 66.3 Å². The van der Waals surface area contributed by atoms with Crippen LogP contribution < -0.4 is 5.32 Å². The minimum atomic E-state index is -1.41. The van der Waals surface area contributed by atoms with Gasteiger partial charge in [0, 0.05) is 17.3 Å². The van der Waals surface area contributed by atoms with Gasteiger partial charge in [-0.05, 0) is 25.3 Å². The molecule has 1 atom stereocenters. The van der Waals surface area contributed by atoms with Gasteiger partial charge in [-0.15, -0.1) is 0 Å². The van der Waals surface area contributed by atoms with Gasteiger partial charge in [0.25, 0.3) is 23.4 Å². The number of imide groups is 1. The minimum absolute atomic E-state index is 0.00673. The lowest BCUT2D eigenvalue weighted by Gasteiger charge is -2.26. The zero-order valence-corrected chi connectivity index (χ0v) is 22.6. The highest BCUT2D eigenvalue weighted by atomic mass is 35.5. The lowest BCUT2D eigenvalue weighted by Crippen LogP contribution is -2.47. The van der Waals surface area contributed by atoms with Gasteiger partial charge in [0.05, 0.1) is 36.1 Å². The molecule has 196 valence electrons. The maximum Gasteiger partial charge on any atom is 0.329 e. The fourth-order valence-corrected chi connectivity index (χ4v) is 4.73. The lowest BCUT2D eigenvalue weighted by atomic mass is 10.0. The smallest absolute Gasteiger partial charge is 0.329 e. The van der Waals surface area contributed by atoms with Crippen LogP contribution in [0.3, 0.4) is 0 Å². The number of fused-ring (bicyclic) bond motifs is 1. The number of hydrogen-bond donors (Lipinski definition) is 1. The van der Waals surface area contributed by atoms with Crippen molar-refractivity contribution >= 4 is 81.5 Å². The highest BCUT2D eigenvalue weighted by Gasteiger charge is 2.47. The van der Waals surface area contributed by atoms with E-state index in [2.05, 4.69) is 5.32 Å². The molecular weight excluding hydrogens is 572 g/mol. The number of nitro groups is 1. The molecule has 0 saturated carbocycles. The summed E-state index contributed by atoms with van der Waals surface area (Å²) in [5.41, 5.74) is -0.252. The molecule has 0 unspecified atom stereocenters. The summed E-state index contributed by atoms with van der Waals surface area (Å²) in [5.74, 6) is -3.82. The van der Waals surface area contributed by atoms with E-state index in [-0.39, 0.29) is 54.9 Å². The molecular formula is C23H19Cl4N3O7. The van der Waals surface area contributed by atoms with Gasteiger partial charge in [0.2, 0.25) is 0 Å². The number of aryl methyl sites for hydroxylation is 1. The number of carbonyl (C=O) groups excluding carboxylic acids is 4. The van der Waals surface area contributed by atoms with E-state index in [0.717, 1.165) is 0 Å². The summed E-state index contributed by atoms with van der Waals surface area (Å²) in [7, 11) is 0. The van der Waals surface area contributed by atoms with Gasteiger partial charge in [-0.3, -0.25) is 29.4 Å². The first-order valence-electron chi connectivity index (χ1n) is 10.7. The Hall–Kier alpha value is -2.92. The van der Waals surface area contributed by atoms with E-state index in [1.165, 1.54) is 18.2 Å². The molecule has 2 aromatic rings. The molecule has 3 rings (SSSR count). The summed E-state index contributed by atoms with van der Waals surface area (Å²) in [4.78, 5) is 62.9. The van der Waals surface area contributed by atoms with Crippen LogP contribution in [0.15, 0.2) is 18.2 Å². The minimum Gasteiger partial charge on any atom is -0.454 e. The number of esters is 1. The highest BCUT2D eigenvalue weighted by Crippen LogP contribution is 2.45. The normalized spacial score (nSPS) is 13.6. The highest BCUT2D eigenvalue weighted by molar-refractivity contribution is 6.55. The average Bonchev–Trinajstić information content (AvgIpc) is 3.09. The third-order valence-corrected chi connectivity index (χ3v) is 7.25. The first-order valence-corrected chi connectivity index (χ1v) is 12.2. The largest absolute Gasteiger partial charge is 0.454 e. The van der Waals surface area contributed by atoms with Crippen LogP contribution in [0, 0.1) is 23.0 Å². The van der Waals surface area contributed by atoms with Crippen molar-refractivity contribution < 1.29 is 28.8 Å². The van der Waals surface area contributed by atoms with Crippen LogP contribution in [-0.2, 0) is 14.3 Å². The van der Waals surface area contributed by atoms with E-state index in [0.29, 0.717) is 10.5 Å². The number of ether oxygens (including phenoxy) is 1. The van der Waals surface area contributed by atoms with E-state index >= 15 is 0 Å². The monoisotopic (exact) mass is 589 g/mol. The van der Waals surface area contributed by atoms with Crippen LogP contribution >= 0.6 is 46.4 Å². The zero-order valence-electron chi connectivity index (χ0n) is 19.6. The number of nitrogens with one attached hydrogen (secondary N) is 1. The van der Waals surface area contributed by atoms with Crippen molar-refractivity contribution in [3.05, 3.63) is 65.1 Å². The fraction of sp³-hybridized carbons (Fsp3) is 0.304. The van der Waals surface area contributed by atoms with Crippen molar-refractivity contribution in [3.8, 4) is 0 Å². The number of nitrogens with zero attached hydrogens (tertiary/aromatic N) is 2. The molecule has 0 saturated heterocycles. The molecule has 0 aromatic heterocycles. The van der Waals surface area contributed by atoms with E-state index in [1.54, 1.807) is 20.8 Å². The first-order chi connectivity index (χ1) is 17.3. The van der Waals surface area contributed by atoms with Gasteiger partial charge >= 0.3 is 5.97 Å². The first kappa shape index (κ1) is 28.6. The number of rotatable bonds is 8. The number of anilines is 1. The predicted octanol–water partition coefficient (Wildman–Crippen LogP) is 5.71. The molecule has 1 heterocycles. The number of nitro benzene ring substituents is 1. The van der Waals surface area contributed by atoms with Crippen LogP contribution in [0.5, 0.6) is 0 Å². The summed E-state index contributed by atoms with van der Waals surface area (Å²) in [6, 6.07) is 2.66. The molecule has 0 radical (unpaired) electrons. The van der Waals surface area contributed by atoms with Crippen molar-refractivity contribution in [2.45, 2.75) is 33.2 Å². The topological polar surface area (TPSA) is 136 Å². The molecule has 14 heteroatoms. The molecule has 1 aliphatic rings. The second-order valence-corrected chi connectivity index (χ2v) is 10.1. The van der Waals surface area contributed by atoms with Crippen molar-refractivity contribution in [1.29, 1.82) is 0 Å². The quantitative estimate of drug-likeness (QED) is 0.104. The molecule has 3 amide bonds. The van der Waals surface area contributed by atoms with Crippen LogP contribution in [0.1, 0.15) is 46.5 Å². The second kappa shape index (κ2) is 11.2. The molecule has 10 nitrogen and oxygen atoms in total. The molecule has 0 bridgehead atoms. The average molecular weight is 591 g/mol. The third kappa shape index (κ3) is 5.67. The van der Waals surface area contributed by atoms with Crippen LogP contribution in [0.2, 0.25) is 20.1 Å². The van der Waals surface area contributed by atoms with E-state index < -0.39 is 41.3 Å². The molecule has 0 aliphatic carbocycles. The Morgan fingerprint density at radius 2 is 1.57 bits per heavy atom. The number of halogens is 4. The summed E-state index contributed by atoms with van der Waals surface area (Å²) in [6.07, 6.45) is 0.00673. The maximum atomic E-state index is 13.2. The Morgan fingerprint density at radius 1 is 1.03 bits per heavy atom. The standard InChI is InChI=1S/C23H19Cl4N3O7/c1-9(2)6-13(29-21(32)15-16(22(29)33)18(25)20(27)19(26)17(15)24)23(34)37-8-14(31)28-11-5-4-10(3)12(7-11)30(35)36/h4-5,7,9,13H,6,8H2,1-3H3,(H,28,31)/t13-/m0/s1.